The van der Waals surface area contributed by atoms with E-state index in [1.165, 1.54) is 4.90 Å². The molecule has 5 atom stereocenters. The van der Waals surface area contributed by atoms with Crippen molar-refractivity contribution in [2.24, 2.45) is 23.1 Å². The number of unbranched alkanes of at least 4 members (excludes halogenated alkanes) is 1. The summed E-state index contributed by atoms with van der Waals surface area (Å²) in [5.41, 5.74) is 16.4. The summed E-state index contributed by atoms with van der Waals surface area (Å²) in [6.45, 7) is 4.25. The largest absolute Gasteiger partial charge is 0.480 e. The van der Waals surface area contributed by atoms with Crippen molar-refractivity contribution in [1.29, 1.82) is 0 Å². The lowest BCUT2D eigenvalue weighted by Crippen LogP contribution is -2.57. The number of carboxylic acid groups (broad SMARTS) is 1. The predicted octanol–water partition coefficient (Wildman–Crippen LogP) is -1.59. The summed E-state index contributed by atoms with van der Waals surface area (Å²) >= 11 is 0. The van der Waals surface area contributed by atoms with Gasteiger partial charge in [-0.05, 0) is 44.6 Å². The Morgan fingerprint density at radius 1 is 1.15 bits per heavy atom. The van der Waals surface area contributed by atoms with Crippen LogP contribution in [0.2, 0.25) is 0 Å². The predicted molar refractivity (Wildman–Crippen MR) is 120 cm³/mol. The van der Waals surface area contributed by atoms with Crippen LogP contribution < -0.4 is 27.8 Å². The molecule has 0 saturated carbocycles. The Balaban J connectivity index is 2.94. The average Bonchev–Trinajstić information content (AvgIpc) is 3.24. The molecule has 9 N–H and O–H groups in total. The fourth-order valence-corrected chi connectivity index (χ4v) is 3.79. The summed E-state index contributed by atoms with van der Waals surface area (Å²) in [5.74, 6) is -3.87. The number of rotatable bonds is 14. The maximum atomic E-state index is 13.0. The zero-order chi connectivity index (χ0) is 25.1. The summed E-state index contributed by atoms with van der Waals surface area (Å²) in [6, 6.07) is -4.06. The number of primary amides is 1. The van der Waals surface area contributed by atoms with Gasteiger partial charge < -0.3 is 37.8 Å². The Kier molecular flexibility index (Phi) is 11.8. The van der Waals surface area contributed by atoms with Crippen LogP contribution in [0.3, 0.4) is 0 Å². The minimum Gasteiger partial charge on any atom is -0.480 e. The van der Waals surface area contributed by atoms with E-state index in [0.29, 0.717) is 45.2 Å². The van der Waals surface area contributed by atoms with Crippen molar-refractivity contribution in [2.75, 3.05) is 13.1 Å². The summed E-state index contributed by atoms with van der Waals surface area (Å²) < 4.78 is 0. The number of nitrogens with two attached hydrogens (primary N) is 3. The number of carboxylic acids is 1. The Morgan fingerprint density at radius 3 is 2.36 bits per heavy atom. The molecule has 0 aromatic rings. The molecule has 1 fully saturated rings. The molecule has 0 aromatic carbocycles. The molecule has 188 valence electrons. The molecular weight excluding hydrogens is 432 g/mol. The van der Waals surface area contributed by atoms with Gasteiger partial charge in [0.25, 0.3) is 0 Å². The first-order chi connectivity index (χ1) is 15.5. The first kappa shape index (κ1) is 28.3. The van der Waals surface area contributed by atoms with E-state index in [0.717, 1.165) is 0 Å². The Morgan fingerprint density at radius 2 is 1.82 bits per heavy atom. The number of carbonyl (C=O) groups is 5. The van der Waals surface area contributed by atoms with Gasteiger partial charge in [-0.2, -0.15) is 0 Å². The quantitative estimate of drug-likeness (QED) is 0.162. The van der Waals surface area contributed by atoms with Crippen molar-refractivity contribution in [3.8, 4) is 0 Å². The molecule has 1 aliphatic heterocycles. The van der Waals surface area contributed by atoms with Crippen LogP contribution in [-0.2, 0) is 24.0 Å². The van der Waals surface area contributed by atoms with Gasteiger partial charge in [-0.1, -0.05) is 20.3 Å². The standard InChI is InChI=1S/C21H38N6O6/c1-3-12(2)17(21(32)33)26-18(29)14(7-4-5-9-22)25-19(30)15-8-6-10-27(15)20(31)13(23)11-16(24)28/h12-15,17H,3-11,22-23H2,1-2H3,(H2,24,28)(H,25,30)(H,26,29)(H,32,33). The van der Waals surface area contributed by atoms with Gasteiger partial charge in [0.15, 0.2) is 0 Å². The third kappa shape index (κ3) is 8.61. The molecule has 1 heterocycles. The van der Waals surface area contributed by atoms with Crippen molar-refractivity contribution >= 4 is 29.6 Å². The lowest BCUT2D eigenvalue weighted by molar-refractivity contribution is -0.144. The molecular formula is C21H38N6O6. The zero-order valence-electron chi connectivity index (χ0n) is 19.4. The van der Waals surface area contributed by atoms with Crippen LogP contribution in [0, 0.1) is 5.92 Å². The molecule has 1 rings (SSSR count). The van der Waals surface area contributed by atoms with Crippen molar-refractivity contribution in [3.05, 3.63) is 0 Å². The molecule has 0 bridgehead atoms. The second-order valence-corrected chi connectivity index (χ2v) is 8.52. The van der Waals surface area contributed by atoms with Gasteiger partial charge in [-0.15, -0.1) is 0 Å². The molecule has 12 nitrogen and oxygen atoms in total. The highest BCUT2D eigenvalue weighted by atomic mass is 16.4. The summed E-state index contributed by atoms with van der Waals surface area (Å²) in [4.78, 5) is 62.5. The minimum atomic E-state index is -1.15. The topological polar surface area (TPSA) is 211 Å². The molecule has 0 aromatic heterocycles. The zero-order valence-corrected chi connectivity index (χ0v) is 19.4. The molecule has 0 aliphatic carbocycles. The fraction of sp³-hybridized carbons (Fsp3) is 0.762. The van der Waals surface area contributed by atoms with Crippen LogP contribution >= 0.6 is 0 Å². The van der Waals surface area contributed by atoms with E-state index < -0.39 is 53.8 Å². The smallest absolute Gasteiger partial charge is 0.326 e. The molecule has 0 radical (unpaired) electrons. The highest BCUT2D eigenvalue weighted by Crippen LogP contribution is 2.19. The highest BCUT2D eigenvalue weighted by molar-refractivity contribution is 5.95. The van der Waals surface area contributed by atoms with E-state index in [1.54, 1.807) is 6.92 Å². The van der Waals surface area contributed by atoms with E-state index in [9.17, 15) is 29.1 Å². The summed E-state index contributed by atoms with van der Waals surface area (Å²) in [5, 5.41) is 14.7. The van der Waals surface area contributed by atoms with E-state index >= 15 is 0 Å². The number of hydrogen-bond acceptors (Lipinski definition) is 7. The number of nitrogens with zero attached hydrogens (tertiary/aromatic N) is 1. The molecule has 5 unspecified atom stereocenters. The lowest BCUT2D eigenvalue weighted by atomic mass is 9.98. The number of likely N-dealkylation sites (tertiary alicyclic amines) is 1. The molecule has 12 heteroatoms. The Bertz CT molecular complexity index is 717. The van der Waals surface area contributed by atoms with E-state index in [1.807, 2.05) is 6.92 Å². The third-order valence-electron chi connectivity index (χ3n) is 5.93. The van der Waals surface area contributed by atoms with Crippen LogP contribution in [0.4, 0.5) is 0 Å². The number of amides is 4. The van der Waals surface area contributed by atoms with E-state index in [4.69, 9.17) is 17.2 Å². The SMILES string of the molecule is CCC(C)C(NC(=O)C(CCCCN)NC(=O)C1CCCN1C(=O)C(N)CC(N)=O)C(=O)O. The third-order valence-corrected chi connectivity index (χ3v) is 5.93. The normalized spacial score (nSPS) is 19.3. The van der Waals surface area contributed by atoms with Gasteiger partial charge in [0.1, 0.15) is 18.1 Å². The highest BCUT2D eigenvalue weighted by Gasteiger charge is 2.38. The first-order valence-electron chi connectivity index (χ1n) is 11.4. The Labute approximate surface area is 194 Å². The van der Waals surface area contributed by atoms with Crippen molar-refractivity contribution in [2.45, 2.75) is 83.0 Å². The minimum absolute atomic E-state index is 0.267. The van der Waals surface area contributed by atoms with Crippen LogP contribution in [0.25, 0.3) is 0 Å². The van der Waals surface area contributed by atoms with Crippen LogP contribution in [0.15, 0.2) is 0 Å². The van der Waals surface area contributed by atoms with Crippen molar-refractivity contribution < 1.29 is 29.1 Å². The second-order valence-electron chi connectivity index (χ2n) is 8.52. The average molecular weight is 471 g/mol. The fourth-order valence-electron chi connectivity index (χ4n) is 3.79. The molecule has 0 spiro atoms. The number of hydrogen-bond donors (Lipinski definition) is 6. The van der Waals surface area contributed by atoms with Gasteiger partial charge in [-0.3, -0.25) is 19.2 Å². The van der Waals surface area contributed by atoms with Gasteiger partial charge in [-0.25, -0.2) is 4.79 Å². The monoisotopic (exact) mass is 470 g/mol. The maximum absolute atomic E-state index is 13.0. The summed E-state index contributed by atoms with van der Waals surface area (Å²) in [6.07, 6.45) is 2.60. The maximum Gasteiger partial charge on any atom is 0.326 e. The molecule has 33 heavy (non-hydrogen) atoms. The van der Waals surface area contributed by atoms with Crippen LogP contribution in [-0.4, -0.2) is 76.9 Å². The Hall–Kier alpha value is -2.73. The summed E-state index contributed by atoms with van der Waals surface area (Å²) in [7, 11) is 0. The van der Waals surface area contributed by atoms with Crippen LogP contribution in [0.1, 0.15) is 58.8 Å². The first-order valence-corrected chi connectivity index (χ1v) is 11.4. The molecule has 4 amide bonds. The van der Waals surface area contributed by atoms with Gasteiger partial charge in [0, 0.05) is 6.54 Å². The van der Waals surface area contributed by atoms with Crippen molar-refractivity contribution in [3.63, 3.8) is 0 Å². The number of nitrogens with one attached hydrogen (secondary N) is 2. The van der Waals surface area contributed by atoms with E-state index in [-0.39, 0.29) is 18.8 Å². The molecule has 1 saturated heterocycles. The second kappa shape index (κ2) is 13.7. The van der Waals surface area contributed by atoms with Gasteiger partial charge >= 0.3 is 5.97 Å². The lowest BCUT2D eigenvalue weighted by Gasteiger charge is -2.29. The number of carbonyl (C=O) groups excluding carboxylic acids is 4. The van der Waals surface area contributed by atoms with Crippen LogP contribution in [0.5, 0.6) is 0 Å². The van der Waals surface area contributed by atoms with Gasteiger partial charge in [0.05, 0.1) is 12.5 Å². The molecule has 1 aliphatic rings. The van der Waals surface area contributed by atoms with E-state index in [2.05, 4.69) is 10.6 Å². The van der Waals surface area contributed by atoms with Gasteiger partial charge in [0.2, 0.25) is 23.6 Å². The van der Waals surface area contributed by atoms with Crippen molar-refractivity contribution in [1.82, 2.24) is 15.5 Å². The number of aliphatic carboxylic acids is 1.